The Balaban J connectivity index is 2.04. The normalized spacial score (nSPS) is 12.8. The quantitative estimate of drug-likeness (QED) is 0.714. The van der Waals surface area contributed by atoms with Crippen LogP contribution in [0, 0.1) is 5.92 Å². The lowest BCUT2D eigenvalue weighted by Crippen LogP contribution is -2.09. The Hall–Kier alpha value is -1.62. The summed E-state index contributed by atoms with van der Waals surface area (Å²) in [4.78, 5) is 12.3. The predicted molar refractivity (Wildman–Crippen MR) is 79.2 cm³/mol. The second-order valence-corrected chi connectivity index (χ2v) is 4.89. The molecule has 5 nitrogen and oxygen atoms in total. The summed E-state index contributed by atoms with van der Waals surface area (Å²) in [5.41, 5.74) is 7.41. The van der Waals surface area contributed by atoms with Crippen LogP contribution in [0.25, 0.3) is 11.2 Å². The number of anilines is 1. The molecule has 2 aromatic rings. The van der Waals surface area contributed by atoms with Gasteiger partial charge in [-0.05, 0) is 37.4 Å². The molecule has 1 unspecified atom stereocenters. The van der Waals surface area contributed by atoms with E-state index in [2.05, 4.69) is 27.2 Å². The molecular weight excluding hydrogens is 238 g/mol. The van der Waals surface area contributed by atoms with E-state index in [1.54, 1.807) is 0 Å². The lowest BCUT2D eigenvalue weighted by atomic mass is 9.97. The molecule has 0 bridgehead atoms. The van der Waals surface area contributed by atoms with Gasteiger partial charge in [0.15, 0.2) is 5.65 Å². The van der Waals surface area contributed by atoms with Crippen LogP contribution in [0.4, 0.5) is 5.82 Å². The first kappa shape index (κ1) is 13.8. The SMILES string of the molecule is CCC(CCN)CCc1nc2nc(NC)ccc2[nH]1. The number of rotatable bonds is 7. The average Bonchev–Trinajstić information content (AvgIpc) is 2.84. The standard InChI is InChI=1S/C14H23N5/c1-3-10(8-9-15)4-6-13-17-11-5-7-12(16-2)18-14(11)19-13/h5,7,10H,3-4,6,8-9,15H2,1-2H3,(H2,16,17,18,19). The Morgan fingerprint density at radius 3 is 2.84 bits per heavy atom. The number of nitrogens with two attached hydrogens (primary N) is 1. The predicted octanol–water partition coefficient (Wildman–Crippen LogP) is 2.31. The van der Waals surface area contributed by atoms with E-state index in [-0.39, 0.29) is 0 Å². The van der Waals surface area contributed by atoms with Crippen LogP contribution in [0.2, 0.25) is 0 Å². The van der Waals surface area contributed by atoms with Gasteiger partial charge < -0.3 is 16.0 Å². The summed E-state index contributed by atoms with van der Waals surface area (Å²) in [6.45, 7) is 2.99. The summed E-state index contributed by atoms with van der Waals surface area (Å²) in [5, 5.41) is 3.03. The van der Waals surface area contributed by atoms with Crippen molar-refractivity contribution in [2.45, 2.75) is 32.6 Å². The second kappa shape index (κ2) is 6.52. The molecule has 4 N–H and O–H groups in total. The van der Waals surface area contributed by atoms with Crippen LogP contribution < -0.4 is 11.1 Å². The number of aromatic amines is 1. The van der Waals surface area contributed by atoms with Gasteiger partial charge in [0.2, 0.25) is 0 Å². The van der Waals surface area contributed by atoms with E-state index in [0.29, 0.717) is 5.92 Å². The topological polar surface area (TPSA) is 79.6 Å². The number of H-pyrrole nitrogens is 1. The van der Waals surface area contributed by atoms with Gasteiger partial charge in [0.1, 0.15) is 11.6 Å². The molecule has 0 fully saturated rings. The minimum Gasteiger partial charge on any atom is -0.373 e. The minimum atomic E-state index is 0.694. The molecule has 104 valence electrons. The highest BCUT2D eigenvalue weighted by Crippen LogP contribution is 2.17. The molecule has 0 saturated carbocycles. The fourth-order valence-corrected chi connectivity index (χ4v) is 2.33. The highest BCUT2D eigenvalue weighted by atomic mass is 15.0. The van der Waals surface area contributed by atoms with E-state index >= 15 is 0 Å². The zero-order valence-corrected chi connectivity index (χ0v) is 11.7. The Morgan fingerprint density at radius 1 is 1.32 bits per heavy atom. The Bertz CT molecular complexity index is 520. The molecule has 19 heavy (non-hydrogen) atoms. The van der Waals surface area contributed by atoms with Gasteiger partial charge in [-0.25, -0.2) is 9.97 Å². The van der Waals surface area contributed by atoms with Gasteiger partial charge in [0, 0.05) is 13.5 Å². The van der Waals surface area contributed by atoms with Crippen LogP contribution in [-0.4, -0.2) is 28.5 Å². The van der Waals surface area contributed by atoms with Gasteiger partial charge in [-0.3, -0.25) is 0 Å². The number of imidazole rings is 1. The van der Waals surface area contributed by atoms with Crippen molar-refractivity contribution in [2.75, 3.05) is 18.9 Å². The summed E-state index contributed by atoms with van der Waals surface area (Å²) in [6, 6.07) is 3.97. The Morgan fingerprint density at radius 2 is 2.16 bits per heavy atom. The van der Waals surface area contributed by atoms with Crippen molar-refractivity contribution < 1.29 is 0 Å². The van der Waals surface area contributed by atoms with Crippen molar-refractivity contribution >= 4 is 17.0 Å². The third-order valence-electron chi connectivity index (χ3n) is 3.59. The minimum absolute atomic E-state index is 0.694. The lowest BCUT2D eigenvalue weighted by molar-refractivity contribution is 0.440. The molecule has 0 spiro atoms. The zero-order valence-electron chi connectivity index (χ0n) is 11.7. The molecule has 5 heteroatoms. The fraction of sp³-hybridized carbons (Fsp3) is 0.571. The molecule has 0 radical (unpaired) electrons. The molecule has 0 amide bonds. The van der Waals surface area contributed by atoms with Crippen molar-refractivity contribution in [3.8, 4) is 0 Å². The third-order valence-corrected chi connectivity index (χ3v) is 3.59. The van der Waals surface area contributed by atoms with Crippen molar-refractivity contribution in [3.05, 3.63) is 18.0 Å². The van der Waals surface area contributed by atoms with Crippen LogP contribution in [-0.2, 0) is 6.42 Å². The van der Waals surface area contributed by atoms with Gasteiger partial charge in [0.05, 0.1) is 5.52 Å². The number of hydrogen-bond donors (Lipinski definition) is 3. The van der Waals surface area contributed by atoms with Crippen molar-refractivity contribution in [3.63, 3.8) is 0 Å². The summed E-state index contributed by atoms with van der Waals surface area (Å²) in [7, 11) is 1.86. The monoisotopic (exact) mass is 261 g/mol. The van der Waals surface area contributed by atoms with Gasteiger partial charge >= 0.3 is 0 Å². The smallest absolute Gasteiger partial charge is 0.179 e. The molecule has 0 aliphatic carbocycles. The maximum atomic E-state index is 5.63. The van der Waals surface area contributed by atoms with Gasteiger partial charge in [0.25, 0.3) is 0 Å². The Kier molecular flexibility index (Phi) is 4.74. The number of hydrogen-bond acceptors (Lipinski definition) is 4. The largest absolute Gasteiger partial charge is 0.373 e. The van der Waals surface area contributed by atoms with Gasteiger partial charge in [-0.1, -0.05) is 13.3 Å². The molecule has 0 aliphatic heterocycles. The van der Waals surface area contributed by atoms with Crippen LogP contribution in [0.5, 0.6) is 0 Å². The third kappa shape index (κ3) is 3.44. The van der Waals surface area contributed by atoms with Crippen molar-refractivity contribution in [1.82, 2.24) is 15.0 Å². The van der Waals surface area contributed by atoms with Crippen LogP contribution in [0.1, 0.15) is 32.0 Å². The van der Waals surface area contributed by atoms with Crippen molar-refractivity contribution in [2.24, 2.45) is 11.7 Å². The van der Waals surface area contributed by atoms with Crippen LogP contribution in [0.3, 0.4) is 0 Å². The molecular formula is C14H23N5. The summed E-state index contributed by atoms with van der Waals surface area (Å²) in [5.74, 6) is 2.56. The average molecular weight is 261 g/mol. The highest BCUT2D eigenvalue weighted by molar-refractivity contribution is 5.72. The summed E-state index contributed by atoms with van der Waals surface area (Å²) in [6.07, 6.45) is 4.37. The molecule has 2 rings (SSSR count). The molecule has 0 aromatic carbocycles. The molecule has 0 aliphatic rings. The van der Waals surface area contributed by atoms with Crippen LogP contribution >= 0.6 is 0 Å². The van der Waals surface area contributed by atoms with E-state index in [4.69, 9.17) is 5.73 Å². The number of aromatic nitrogens is 3. The fourth-order valence-electron chi connectivity index (χ4n) is 2.33. The number of fused-ring (bicyclic) bond motifs is 1. The number of aryl methyl sites for hydroxylation is 1. The van der Waals surface area contributed by atoms with E-state index in [9.17, 15) is 0 Å². The number of pyridine rings is 1. The maximum Gasteiger partial charge on any atom is 0.179 e. The van der Waals surface area contributed by atoms with Gasteiger partial charge in [-0.2, -0.15) is 0 Å². The molecule has 2 heterocycles. The molecule has 0 saturated heterocycles. The maximum absolute atomic E-state index is 5.63. The van der Waals surface area contributed by atoms with E-state index in [1.165, 1.54) is 6.42 Å². The zero-order chi connectivity index (χ0) is 13.7. The summed E-state index contributed by atoms with van der Waals surface area (Å²) < 4.78 is 0. The summed E-state index contributed by atoms with van der Waals surface area (Å²) >= 11 is 0. The van der Waals surface area contributed by atoms with E-state index < -0.39 is 0 Å². The second-order valence-electron chi connectivity index (χ2n) is 4.89. The lowest BCUT2D eigenvalue weighted by Gasteiger charge is -2.11. The van der Waals surface area contributed by atoms with E-state index in [1.807, 2.05) is 19.2 Å². The molecule has 2 aromatic heterocycles. The van der Waals surface area contributed by atoms with Gasteiger partial charge in [-0.15, -0.1) is 0 Å². The Labute approximate surface area is 114 Å². The number of nitrogens with zero attached hydrogens (tertiary/aromatic N) is 2. The number of nitrogens with one attached hydrogen (secondary N) is 2. The van der Waals surface area contributed by atoms with Crippen molar-refractivity contribution in [1.29, 1.82) is 0 Å². The molecule has 1 atom stereocenters. The van der Waals surface area contributed by atoms with E-state index in [0.717, 1.165) is 48.6 Å². The highest BCUT2D eigenvalue weighted by Gasteiger charge is 2.09. The first-order chi connectivity index (χ1) is 9.26. The first-order valence-electron chi connectivity index (χ1n) is 7.00. The first-order valence-corrected chi connectivity index (χ1v) is 7.00. The van der Waals surface area contributed by atoms with Crippen LogP contribution in [0.15, 0.2) is 12.1 Å².